The van der Waals surface area contributed by atoms with Crippen LogP contribution < -0.4 is 5.73 Å². The number of hydrogen-bond acceptors (Lipinski definition) is 4. The summed E-state index contributed by atoms with van der Waals surface area (Å²) in [6, 6.07) is 15.4. The number of nitrogens with two attached hydrogens (primary N) is 1. The smallest absolute Gasteiger partial charge is 0.323 e. The molecule has 0 aliphatic rings. The third-order valence-corrected chi connectivity index (χ3v) is 2.92. The molecule has 4 nitrogen and oxygen atoms in total. The van der Waals surface area contributed by atoms with Crippen LogP contribution in [0.5, 0.6) is 5.75 Å². The van der Waals surface area contributed by atoms with Crippen LogP contribution in [0.4, 0.5) is 0 Å². The van der Waals surface area contributed by atoms with Gasteiger partial charge in [0, 0.05) is 0 Å². The molecule has 0 heterocycles. The van der Waals surface area contributed by atoms with E-state index in [0.29, 0.717) is 6.42 Å². The Morgan fingerprint density at radius 3 is 2.29 bits per heavy atom. The average molecular weight is 308 g/mol. The normalized spacial score (nSPS) is 11.3. The van der Waals surface area contributed by atoms with Crippen LogP contribution in [0.2, 0.25) is 0 Å². The molecule has 0 bridgehead atoms. The van der Waals surface area contributed by atoms with Gasteiger partial charge in [0.15, 0.2) is 0 Å². The molecule has 3 N–H and O–H groups in total. The summed E-state index contributed by atoms with van der Waals surface area (Å²) in [4.78, 5) is 11.8. The SMILES string of the molecule is Cl.NC(Cc1ccc(O)cc1)C(=O)OCc1ccccc1. The van der Waals surface area contributed by atoms with E-state index in [4.69, 9.17) is 10.5 Å². The second-order valence-electron chi connectivity index (χ2n) is 4.57. The van der Waals surface area contributed by atoms with Gasteiger partial charge in [0.2, 0.25) is 0 Å². The molecule has 1 unspecified atom stereocenters. The zero-order chi connectivity index (χ0) is 14.4. The molecular formula is C16H18ClNO3. The first-order chi connectivity index (χ1) is 9.65. The predicted molar refractivity (Wildman–Crippen MR) is 83.3 cm³/mol. The molecule has 0 radical (unpaired) electrons. The average Bonchev–Trinajstić information content (AvgIpc) is 2.48. The monoisotopic (exact) mass is 307 g/mol. The van der Waals surface area contributed by atoms with Crippen LogP contribution in [0.1, 0.15) is 11.1 Å². The van der Waals surface area contributed by atoms with Crippen LogP contribution in [0.3, 0.4) is 0 Å². The van der Waals surface area contributed by atoms with Crippen LogP contribution in [0, 0.1) is 0 Å². The number of rotatable bonds is 5. The zero-order valence-electron chi connectivity index (χ0n) is 11.4. The first-order valence-corrected chi connectivity index (χ1v) is 6.39. The summed E-state index contributed by atoms with van der Waals surface area (Å²) in [5.41, 5.74) is 7.62. The number of phenolic OH excluding ortho intramolecular Hbond substituents is 1. The van der Waals surface area contributed by atoms with Gasteiger partial charge in [-0.3, -0.25) is 4.79 Å². The Kier molecular flexibility index (Phi) is 6.72. The maximum absolute atomic E-state index is 11.8. The third kappa shape index (κ3) is 5.45. The van der Waals surface area contributed by atoms with Crippen molar-refractivity contribution >= 4 is 18.4 Å². The maximum Gasteiger partial charge on any atom is 0.323 e. The third-order valence-electron chi connectivity index (χ3n) is 2.92. The minimum atomic E-state index is -0.705. The Morgan fingerprint density at radius 1 is 1.05 bits per heavy atom. The Hall–Kier alpha value is -2.04. The molecule has 0 amide bonds. The number of carbonyl (C=O) groups is 1. The fraction of sp³-hybridized carbons (Fsp3) is 0.188. The molecule has 2 rings (SSSR count). The molecular weight excluding hydrogens is 290 g/mol. The van der Waals surface area contributed by atoms with Gasteiger partial charge in [-0.2, -0.15) is 0 Å². The highest BCUT2D eigenvalue weighted by atomic mass is 35.5. The second-order valence-corrected chi connectivity index (χ2v) is 4.57. The lowest BCUT2D eigenvalue weighted by molar-refractivity contribution is -0.146. The molecule has 112 valence electrons. The molecule has 0 aliphatic carbocycles. The lowest BCUT2D eigenvalue weighted by Crippen LogP contribution is -2.34. The van der Waals surface area contributed by atoms with E-state index in [2.05, 4.69) is 0 Å². The molecule has 2 aromatic rings. The Labute approximate surface area is 130 Å². The summed E-state index contributed by atoms with van der Waals surface area (Å²) in [5.74, 6) is -0.240. The minimum absolute atomic E-state index is 0. The van der Waals surface area contributed by atoms with E-state index in [0.717, 1.165) is 11.1 Å². The molecule has 2 aromatic carbocycles. The van der Waals surface area contributed by atoms with E-state index in [9.17, 15) is 9.90 Å². The predicted octanol–water partition coefficient (Wildman–Crippen LogP) is 2.43. The molecule has 0 spiro atoms. The topological polar surface area (TPSA) is 72.5 Å². The van der Waals surface area contributed by atoms with Crippen molar-refractivity contribution in [1.82, 2.24) is 0 Å². The van der Waals surface area contributed by atoms with E-state index in [-0.39, 0.29) is 24.8 Å². The quantitative estimate of drug-likeness (QED) is 0.832. The summed E-state index contributed by atoms with van der Waals surface area (Å²) in [7, 11) is 0. The van der Waals surface area contributed by atoms with Gasteiger partial charge in [-0.15, -0.1) is 12.4 Å². The maximum atomic E-state index is 11.8. The highest BCUT2D eigenvalue weighted by Crippen LogP contribution is 2.11. The second kappa shape index (κ2) is 8.29. The van der Waals surface area contributed by atoms with E-state index in [1.165, 1.54) is 0 Å². The number of halogens is 1. The highest BCUT2D eigenvalue weighted by molar-refractivity contribution is 5.85. The molecule has 1 atom stereocenters. The van der Waals surface area contributed by atoms with Gasteiger partial charge in [-0.25, -0.2) is 0 Å². The van der Waals surface area contributed by atoms with Crippen molar-refractivity contribution in [2.45, 2.75) is 19.1 Å². The van der Waals surface area contributed by atoms with E-state index < -0.39 is 12.0 Å². The largest absolute Gasteiger partial charge is 0.508 e. The van der Waals surface area contributed by atoms with Crippen LogP contribution in [-0.4, -0.2) is 17.1 Å². The summed E-state index contributed by atoms with van der Waals surface area (Å²) in [6.45, 7) is 0.225. The minimum Gasteiger partial charge on any atom is -0.508 e. The fourth-order valence-corrected chi connectivity index (χ4v) is 1.81. The van der Waals surface area contributed by atoms with Crippen molar-refractivity contribution in [3.05, 3.63) is 65.7 Å². The number of aromatic hydroxyl groups is 1. The highest BCUT2D eigenvalue weighted by Gasteiger charge is 2.15. The van der Waals surface area contributed by atoms with Crippen LogP contribution >= 0.6 is 12.4 Å². The lowest BCUT2D eigenvalue weighted by atomic mass is 10.1. The van der Waals surface area contributed by atoms with Crippen LogP contribution in [0.15, 0.2) is 54.6 Å². The van der Waals surface area contributed by atoms with Crippen molar-refractivity contribution in [2.24, 2.45) is 5.73 Å². The molecule has 5 heteroatoms. The molecule has 0 aliphatic heterocycles. The van der Waals surface area contributed by atoms with Gasteiger partial charge >= 0.3 is 5.97 Å². The number of esters is 1. The number of benzene rings is 2. The van der Waals surface area contributed by atoms with Gasteiger partial charge in [0.25, 0.3) is 0 Å². The van der Waals surface area contributed by atoms with E-state index >= 15 is 0 Å². The van der Waals surface area contributed by atoms with Crippen molar-refractivity contribution in [3.8, 4) is 5.75 Å². The van der Waals surface area contributed by atoms with E-state index in [1.807, 2.05) is 30.3 Å². The van der Waals surface area contributed by atoms with Gasteiger partial charge < -0.3 is 15.6 Å². The van der Waals surface area contributed by atoms with Crippen molar-refractivity contribution < 1.29 is 14.6 Å². The number of hydrogen-bond donors (Lipinski definition) is 2. The standard InChI is InChI=1S/C16H17NO3.ClH/c17-15(10-12-6-8-14(18)9-7-12)16(19)20-11-13-4-2-1-3-5-13;/h1-9,15,18H,10-11,17H2;1H. The van der Waals surface area contributed by atoms with Crippen molar-refractivity contribution in [1.29, 1.82) is 0 Å². The van der Waals surface area contributed by atoms with Gasteiger partial charge in [-0.1, -0.05) is 42.5 Å². The number of ether oxygens (including phenoxy) is 1. The van der Waals surface area contributed by atoms with Crippen molar-refractivity contribution in [2.75, 3.05) is 0 Å². The zero-order valence-corrected chi connectivity index (χ0v) is 12.3. The Morgan fingerprint density at radius 2 is 1.67 bits per heavy atom. The molecule has 0 aromatic heterocycles. The first-order valence-electron chi connectivity index (χ1n) is 6.39. The molecule has 0 saturated heterocycles. The summed E-state index contributed by atoms with van der Waals surface area (Å²) in [6.07, 6.45) is 0.383. The summed E-state index contributed by atoms with van der Waals surface area (Å²) < 4.78 is 5.17. The number of carbonyl (C=O) groups excluding carboxylic acids is 1. The lowest BCUT2D eigenvalue weighted by Gasteiger charge is -2.11. The van der Waals surface area contributed by atoms with Gasteiger partial charge in [-0.05, 0) is 29.7 Å². The number of phenols is 1. The molecule has 0 saturated carbocycles. The Bertz CT molecular complexity index is 557. The summed E-state index contributed by atoms with van der Waals surface area (Å²) in [5, 5.41) is 9.19. The Balaban J connectivity index is 0.00000220. The van der Waals surface area contributed by atoms with Crippen LogP contribution in [0.25, 0.3) is 0 Å². The molecule has 0 fully saturated rings. The first kappa shape index (κ1) is 17.0. The van der Waals surface area contributed by atoms with Crippen molar-refractivity contribution in [3.63, 3.8) is 0 Å². The van der Waals surface area contributed by atoms with Crippen LogP contribution in [-0.2, 0) is 22.6 Å². The molecule has 21 heavy (non-hydrogen) atoms. The summed E-state index contributed by atoms with van der Waals surface area (Å²) >= 11 is 0. The fourth-order valence-electron chi connectivity index (χ4n) is 1.81. The van der Waals surface area contributed by atoms with Gasteiger partial charge in [0.05, 0.1) is 0 Å². The van der Waals surface area contributed by atoms with E-state index in [1.54, 1.807) is 24.3 Å². The van der Waals surface area contributed by atoms with Gasteiger partial charge in [0.1, 0.15) is 18.4 Å².